The number of hydrogen-bond donors (Lipinski definition) is 0. The molecule has 0 bridgehead atoms. The van der Waals surface area contributed by atoms with Crippen molar-refractivity contribution < 1.29 is 102 Å². The molecule has 5 aromatic carbocycles. The first-order chi connectivity index (χ1) is 29.9. The highest BCUT2D eigenvalue weighted by Gasteiger charge is 2.52. The molecule has 4 nitrogen and oxygen atoms in total. The van der Waals surface area contributed by atoms with Crippen LogP contribution in [0.2, 0.25) is 0 Å². The SMILES string of the molecule is Fc1c(F)c(F)c([B-](c2c(F)c(F)c(F)c(F)c2F)(c2c(F)c(F)c(F)c(F)c2F)c2c(F)c(F)c(F)c(F)c2F)c(F)c1F.O=C(C[n+]1ccnc(C(=O)CCl)c1)c1ccccc1. The smallest absolute Gasteiger partial charge is 0.227 e. The van der Waals surface area contributed by atoms with E-state index in [0.29, 0.717) is 5.56 Å². The monoisotopic (exact) mass is 954 g/mol. The first-order valence-electron chi connectivity index (χ1n) is 16.7. The van der Waals surface area contributed by atoms with Crippen LogP contribution >= 0.6 is 11.6 Å². The van der Waals surface area contributed by atoms with Crippen molar-refractivity contribution in [3.8, 4) is 0 Å². The predicted molar refractivity (Wildman–Crippen MR) is 179 cm³/mol. The number of carbonyl (C=O) groups excluding carboxylic acids is 2. The second kappa shape index (κ2) is 18.3. The van der Waals surface area contributed by atoms with Gasteiger partial charge >= 0.3 is 0 Å². The van der Waals surface area contributed by atoms with E-state index in [2.05, 4.69) is 4.98 Å². The summed E-state index contributed by atoms with van der Waals surface area (Å²) >= 11 is 5.47. The number of rotatable bonds is 9. The van der Waals surface area contributed by atoms with Crippen LogP contribution in [0.25, 0.3) is 0 Å². The lowest BCUT2D eigenvalue weighted by molar-refractivity contribution is -0.683. The normalized spacial score (nSPS) is 11.5. The van der Waals surface area contributed by atoms with Crippen molar-refractivity contribution >= 4 is 51.2 Å². The van der Waals surface area contributed by atoms with E-state index in [4.69, 9.17) is 11.6 Å². The summed E-state index contributed by atoms with van der Waals surface area (Å²) in [5.41, 5.74) is -13.4. The molecule has 0 fully saturated rings. The van der Waals surface area contributed by atoms with Crippen molar-refractivity contribution in [2.45, 2.75) is 6.54 Å². The van der Waals surface area contributed by atoms with Crippen LogP contribution in [0.1, 0.15) is 20.8 Å². The van der Waals surface area contributed by atoms with Gasteiger partial charge in [0, 0.05) is 5.56 Å². The molecular weight excluding hydrogens is 943 g/mol. The number of hydrogen-bond acceptors (Lipinski definition) is 3. The molecule has 0 atom stereocenters. The summed E-state index contributed by atoms with van der Waals surface area (Å²) in [6.07, 6.45) is -2.55. The van der Waals surface area contributed by atoms with Gasteiger partial charge < -0.3 is 0 Å². The molecule has 0 saturated carbocycles. The second-order valence-corrected chi connectivity index (χ2v) is 13.0. The number of halogens is 21. The standard InChI is InChI=1S/C24BF20.C14H12ClN2O2/c26-5-1(6(27)14(35)21(42)13(5)34)25(2-7(28)15(36)22(43)16(37)8(2)29,3-9(30)17(38)23(44)18(39)10(3)31)4-11(32)19(40)24(45)20(41)12(4)33;15-8-13(18)12-9-17(7-6-16-12)10-14(19)11-4-2-1-3-5-11/h;1-7,9H,8,10H2/q-1;+1. The fraction of sp³-hybridized carbons (Fsp3) is 0.0526. The van der Waals surface area contributed by atoms with E-state index in [-0.39, 0.29) is 29.7 Å². The summed E-state index contributed by atoms with van der Waals surface area (Å²) in [6.45, 7) is 0.162. The molecule has 336 valence electrons. The van der Waals surface area contributed by atoms with Crippen LogP contribution in [0, 0.1) is 116 Å². The molecule has 0 saturated heterocycles. The van der Waals surface area contributed by atoms with Crippen LogP contribution in [0.5, 0.6) is 0 Å². The Hall–Kier alpha value is -6.53. The van der Waals surface area contributed by atoms with Gasteiger partial charge in [0.1, 0.15) is 52.7 Å². The summed E-state index contributed by atoms with van der Waals surface area (Å²) in [7, 11) is 0. The lowest BCUT2D eigenvalue weighted by Crippen LogP contribution is -2.81. The third-order valence-electron chi connectivity index (χ3n) is 9.30. The Morgan fingerprint density at radius 2 is 0.719 bits per heavy atom. The number of ketones is 2. The zero-order chi connectivity index (χ0) is 48.0. The summed E-state index contributed by atoms with van der Waals surface area (Å²) in [6, 6.07) is 9.00. The van der Waals surface area contributed by atoms with Gasteiger partial charge in [0.25, 0.3) is 0 Å². The van der Waals surface area contributed by atoms with E-state index in [1.165, 1.54) is 12.4 Å². The molecule has 6 rings (SSSR count). The number of benzene rings is 5. The molecule has 0 N–H and O–H groups in total. The topological polar surface area (TPSA) is 50.9 Å². The van der Waals surface area contributed by atoms with Crippen molar-refractivity contribution in [1.82, 2.24) is 4.98 Å². The highest BCUT2D eigenvalue weighted by molar-refractivity contribution is 7.20. The molecule has 64 heavy (non-hydrogen) atoms. The van der Waals surface area contributed by atoms with Gasteiger partial charge in [-0.3, -0.25) is 9.59 Å². The predicted octanol–water partition coefficient (Wildman–Crippen LogP) is 7.52. The molecule has 0 spiro atoms. The van der Waals surface area contributed by atoms with Gasteiger partial charge in [-0.1, -0.05) is 30.3 Å². The van der Waals surface area contributed by atoms with E-state index in [1.54, 1.807) is 22.9 Å². The summed E-state index contributed by atoms with van der Waals surface area (Å²) in [5, 5.41) is 0. The molecule has 26 heteroatoms. The Morgan fingerprint density at radius 1 is 0.438 bits per heavy atom. The van der Waals surface area contributed by atoms with Crippen molar-refractivity contribution in [3.05, 3.63) is 177 Å². The third kappa shape index (κ3) is 7.78. The van der Waals surface area contributed by atoms with Crippen LogP contribution < -0.4 is 26.4 Å². The minimum absolute atomic E-state index is 0.0268. The van der Waals surface area contributed by atoms with E-state index >= 15 is 35.1 Å². The zero-order valence-corrected chi connectivity index (χ0v) is 31.0. The van der Waals surface area contributed by atoms with Crippen molar-refractivity contribution in [3.63, 3.8) is 0 Å². The minimum Gasteiger partial charge on any atom is -0.291 e. The molecule has 0 aliphatic heterocycles. The van der Waals surface area contributed by atoms with Crippen LogP contribution in [-0.4, -0.2) is 28.6 Å². The molecule has 0 unspecified atom stereocenters. The fourth-order valence-electron chi connectivity index (χ4n) is 6.50. The van der Waals surface area contributed by atoms with Crippen molar-refractivity contribution in [2.75, 3.05) is 5.88 Å². The molecule has 0 amide bonds. The Kier molecular flexibility index (Phi) is 13.9. The average Bonchev–Trinajstić information content (AvgIpc) is 3.29. The number of nitrogens with zero attached hydrogens (tertiary/aromatic N) is 2. The van der Waals surface area contributed by atoms with E-state index in [9.17, 15) is 62.3 Å². The number of alkyl halides is 1. The molecular formula is C38H12BClF20N2O2. The maximum Gasteiger partial charge on any atom is 0.227 e. The number of Topliss-reactive ketones (excluding diaryl/α,β-unsaturated/α-hetero) is 2. The van der Waals surface area contributed by atoms with Gasteiger partial charge in [0.2, 0.25) is 18.1 Å². The zero-order valence-electron chi connectivity index (χ0n) is 30.3. The number of carbonyl (C=O) groups is 2. The molecule has 1 aromatic heterocycles. The summed E-state index contributed by atoms with van der Waals surface area (Å²) in [5.74, 6) is -71.8. The van der Waals surface area contributed by atoms with Crippen molar-refractivity contribution in [2.24, 2.45) is 0 Å². The Balaban J connectivity index is 0.000000337. The van der Waals surface area contributed by atoms with E-state index in [1.807, 2.05) is 18.2 Å². The summed E-state index contributed by atoms with van der Waals surface area (Å²) < 4.78 is 296. The molecule has 0 aliphatic carbocycles. The van der Waals surface area contributed by atoms with Crippen LogP contribution in [0.3, 0.4) is 0 Å². The van der Waals surface area contributed by atoms with Crippen molar-refractivity contribution in [1.29, 1.82) is 0 Å². The Labute approximate surface area is 346 Å². The Morgan fingerprint density at radius 3 is 1.00 bits per heavy atom. The van der Waals surface area contributed by atoms with Gasteiger partial charge in [-0.2, -0.15) is 4.57 Å². The van der Waals surface area contributed by atoms with Gasteiger partial charge in [0.15, 0.2) is 87.9 Å². The maximum absolute atomic E-state index is 15.4. The second-order valence-electron chi connectivity index (χ2n) is 12.8. The quantitative estimate of drug-likeness (QED) is 0.0287. The molecule has 0 radical (unpaired) electrons. The summed E-state index contributed by atoms with van der Waals surface area (Å²) in [4.78, 5) is 27.4. The largest absolute Gasteiger partial charge is 0.291 e. The minimum atomic E-state index is -7.22. The number of aromatic nitrogens is 2. The highest BCUT2D eigenvalue weighted by Crippen LogP contribution is 2.30. The van der Waals surface area contributed by atoms with Gasteiger partial charge in [-0.05, 0) is 0 Å². The first kappa shape index (κ1) is 48.5. The lowest BCUT2D eigenvalue weighted by Gasteiger charge is -2.44. The van der Waals surface area contributed by atoms with Crippen LogP contribution in [0.15, 0.2) is 48.9 Å². The van der Waals surface area contributed by atoms with Gasteiger partial charge in [0.05, 0.1) is 12.1 Å². The van der Waals surface area contributed by atoms with Crippen LogP contribution in [0.4, 0.5) is 87.8 Å². The van der Waals surface area contributed by atoms with Gasteiger partial charge in [-0.25, -0.2) is 92.8 Å². The van der Waals surface area contributed by atoms with E-state index in [0.717, 1.165) is 0 Å². The molecule has 0 aliphatic rings. The average molecular weight is 955 g/mol. The molecule has 1 heterocycles. The lowest BCUT2D eigenvalue weighted by atomic mass is 9.12. The highest BCUT2D eigenvalue weighted by atomic mass is 35.5. The first-order valence-corrected chi connectivity index (χ1v) is 17.2. The van der Waals surface area contributed by atoms with Crippen LogP contribution in [-0.2, 0) is 6.54 Å². The van der Waals surface area contributed by atoms with Gasteiger partial charge in [-0.15, -0.1) is 33.5 Å². The molecule has 6 aromatic rings. The fourth-order valence-corrected chi connectivity index (χ4v) is 6.64. The third-order valence-corrected chi connectivity index (χ3v) is 9.54. The Bertz CT molecular complexity index is 2520. The maximum atomic E-state index is 15.4. The van der Waals surface area contributed by atoms with E-state index < -0.39 is 144 Å².